The molecule has 0 aromatic heterocycles. The molecule has 0 aliphatic rings. The first-order valence-corrected chi connectivity index (χ1v) is 31.0. The number of benzene rings is 1. The van der Waals surface area contributed by atoms with E-state index < -0.39 is 37.2 Å². The number of unbranched alkanes of at least 4 members (excludes halogenated alkanes) is 6. The fourth-order valence-electron chi connectivity index (χ4n) is 5.94. The Morgan fingerprint density at radius 3 is 1.35 bits per heavy atom. The second-order valence-corrected chi connectivity index (χ2v) is 36.6. The Balaban J connectivity index is 2.93. The van der Waals surface area contributed by atoms with Gasteiger partial charge in [-0.25, -0.2) is 0 Å². The van der Waals surface area contributed by atoms with Crippen LogP contribution in [0.1, 0.15) is 131 Å². The van der Waals surface area contributed by atoms with Crippen molar-refractivity contribution in [3.05, 3.63) is 29.8 Å². The number of hydrogen-bond donors (Lipinski definition) is 0. The van der Waals surface area contributed by atoms with Crippen molar-refractivity contribution in [1.29, 1.82) is 0 Å². The van der Waals surface area contributed by atoms with Crippen LogP contribution in [0, 0.1) is 0 Å². The third kappa shape index (κ3) is 13.5. The van der Waals surface area contributed by atoms with E-state index in [1.807, 2.05) is 0 Å². The molecule has 1 aromatic carbocycles. The molecular formula is C33H62O2Sn2. The molecule has 0 bridgehead atoms. The molecule has 0 heterocycles. The topological polar surface area (TPSA) is 26.3 Å². The zero-order chi connectivity index (χ0) is 27.4. The van der Waals surface area contributed by atoms with Crippen LogP contribution >= 0.6 is 0 Å². The van der Waals surface area contributed by atoms with Gasteiger partial charge in [-0.05, 0) is 0 Å². The van der Waals surface area contributed by atoms with Crippen LogP contribution in [-0.2, 0) is 14.3 Å². The van der Waals surface area contributed by atoms with Gasteiger partial charge in [0, 0.05) is 0 Å². The van der Waals surface area contributed by atoms with Crippen molar-refractivity contribution in [2.45, 2.75) is 158 Å². The van der Waals surface area contributed by atoms with Gasteiger partial charge in [-0.1, -0.05) is 0 Å². The molecule has 0 atom stereocenters. The van der Waals surface area contributed by atoms with Gasteiger partial charge in [0.1, 0.15) is 0 Å². The molecule has 0 aliphatic carbocycles. The van der Waals surface area contributed by atoms with Gasteiger partial charge in [0.15, 0.2) is 0 Å². The van der Waals surface area contributed by atoms with E-state index in [1.54, 1.807) is 3.58 Å². The number of hydrogen-bond acceptors (Lipinski definition) is 2. The minimum absolute atomic E-state index is 0.102. The van der Waals surface area contributed by atoms with Crippen molar-refractivity contribution in [1.82, 2.24) is 0 Å². The molecular weight excluding hydrogens is 666 g/mol. The second-order valence-electron chi connectivity index (χ2n) is 11.8. The zero-order valence-corrected chi connectivity index (χ0v) is 31.5. The molecule has 4 heteroatoms. The molecule has 2 nitrogen and oxygen atoms in total. The van der Waals surface area contributed by atoms with Crippen molar-refractivity contribution >= 4 is 46.7 Å². The Hall–Kier alpha value is 0.287. The first-order valence-electron chi connectivity index (χ1n) is 16.3. The Morgan fingerprint density at radius 2 is 0.973 bits per heavy atom. The molecule has 0 unspecified atom stereocenters. The molecule has 0 saturated heterocycles. The first kappa shape index (κ1) is 35.3. The summed E-state index contributed by atoms with van der Waals surface area (Å²) in [4.78, 5) is 13.1. The van der Waals surface area contributed by atoms with Crippen molar-refractivity contribution in [3.63, 3.8) is 0 Å². The summed E-state index contributed by atoms with van der Waals surface area (Å²) in [5.41, 5.74) is 1.32. The number of carbonyl (C=O) groups is 1. The average Bonchev–Trinajstić information content (AvgIpc) is 2.92. The molecule has 0 fully saturated rings. The summed E-state index contributed by atoms with van der Waals surface area (Å²) in [5.74, 6) is 0.102. The molecule has 0 saturated carbocycles. The van der Waals surface area contributed by atoms with Gasteiger partial charge in [0.25, 0.3) is 0 Å². The fraction of sp³-hybridized carbons (Fsp3) is 0.788. The fourth-order valence-corrected chi connectivity index (χ4v) is 35.1. The van der Waals surface area contributed by atoms with Crippen LogP contribution < -0.4 is 3.58 Å². The predicted molar refractivity (Wildman–Crippen MR) is 170 cm³/mol. The van der Waals surface area contributed by atoms with E-state index in [0.29, 0.717) is 6.42 Å². The molecule has 0 amide bonds. The molecule has 214 valence electrons. The Kier molecular flexibility index (Phi) is 20.1. The number of rotatable bonds is 23. The van der Waals surface area contributed by atoms with Crippen LogP contribution in [0.5, 0.6) is 0 Å². The maximum atomic E-state index is 13.1. The van der Waals surface area contributed by atoms with Crippen molar-refractivity contribution in [2.75, 3.05) is 0 Å². The Morgan fingerprint density at radius 1 is 0.595 bits per heavy atom. The first-order chi connectivity index (χ1) is 17.9. The molecule has 0 spiro atoms. The summed E-state index contributed by atoms with van der Waals surface area (Å²) in [6.07, 6.45) is 16.9. The van der Waals surface area contributed by atoms with E-state index >= 15 is 0 Å². The quantitative estimate of drug-likeness (QED) is 0.105. The Bertz CT molecular complexity index is 657. The number of aryl methyl sites for hydroxylation is 1. The third-order valence-electron chi connectivity index (χ3n) is 8.50. The Labute approximate surface area is 240 Å². The predicted octanol–water partition coefficient (Wildman–Crippen LogP) is 10.6. The zero-order valence-electron chi connectivity index (χ0n) is 25.8. The van der Waals surface area contributed by atoms with Crippen LogP contribution in [0.3, 0.4) is 0 Å². The normalized spacial score (nSPS) is 12.2. The van der Waals surface area contributed by atoms with Gasteiger partial charge in [-0.15, -0.1) is 0 Å². The molecule has 37 heavy (non-hydrogen) atoms. The SMILES string of the molecule is CCC[CH2][Sn]([CH2]CCC)([CH2]CCC)[O]C(=O)CCc1cc[c]([Sn]([CH2]CCC)([CH2]CCC)[CH2]CCC)cc1. The van der Waals surface area contributed by atoms with E-state index in [4.69, 9.17) is 3.07 Å². The monoisotopic (exact) mass is 730 g/mol. The molecule has 0 aliphatic heterocycles. The van der Waals surface area contributed by atoms with Gasteiger partial charge in [0.05, 0.1) is 0 Å². The van der Waals surface area contributed by atoms with Gasteiger partial charge in [-0.2, -0.15) is 0 Å². The molecule has 0 N–H and O–H groups in total. The van der Waals surface area contributed by atoms with Crippen molar-refractivity contribution in [3.8, 4) is 0 Å². The van der Waals surface area contributed by atoms with Crippen LogP contribution in [0.15, 0.2) is 24.3 Å². The van der Waals surface area contributed by atoms with Crippen LogP contribution in [0.25, 0.3) is 0 Å². The van der Waals surface area contributed by atoms with Gasteiger partial charge in [-0.3, -0.25) is 0 Å². The van der Waals surface area contributed by atoms with E-state index in [1.165, 1.54) is 109 Å². The summed E-state index contributed by atoms with van der Waals surface area (Å²) in [5, 5.41) is 0. The number of carbonyl (C=O) groups excluding carboxylic acids is 1. The van der Waals surface area contributed by atoms with Crippen molar-refractivity contribution in [2.24, 2.45) is 0 Å². The molecule has 1 rings (SSSR count). The third-order valence-corrected chi connectivity index (χ3v) is 36.9. The van der Waals surface area contributed by atoms with E-state index in [-0.39, 0.29) is 5.97 Å². The summed E-state index contributed by atoms with van der Waals surface area (Å²) in [6.45, 7) is 13.9. The summed E-state index contributed by atoms with van der Waals surface area (Å²) in [7, 11) is 0. The van der Waals surface area contributed by atoms with E-state index in [0.717, 1.165) is 6.42 Å². The van der Waals surface area contributed by atoms with Gasteiger partial charge >= 0.3 is 242 Å². The van der Waals surface area contributed by atoms with Crippen LogP contribution in [0.2, 0.25) is 26.6 Å². The average molecular weight is 728 g/mol. The van der Waals surface area contributed by atoms with Crippen LogP contribution in [0.4, 0.5) is 0 Å². The maximum absolute atomic E-state index is 13.1. The minimum atomic E-state index is -2.86. The summed E-state index contributed by atoms with van der Waals surface area (Å²) in [6, 6.07) is 9.70. The molecule has 0 radical (unpaired) electrons. The van der Waals surface area contributed by atoms with Gasteiger partial charge in [0.2, 0.25) is 0 Å². The van der Waals surface area contributed by atoms with E-state index in [2.05, 4.69) is 65.8 Å². The summed E-state index contributed by atoms with van der Waals surface area (Å²) >= 11 is -5.23. The molecule has 1 aromatic rings. The van der Waals surface area contributed by atoms with Crippen LogP contribution in [-0.4, -0.2) is 43.1 Å². The van der Waals surface area contributed by atoms with Crippen molar-refractivity contribution < 1.29 is 7.87 Å². The standard InChI is InChI=1S/C9H9O2.6C4H9.2Sn/c10-9(11)7-6-8-4-2-1-3-5-8;6*1-3-4-2;;/h2-5H,6-7H2,(H,10,11);6*1,3-4H2,2H3;;/q;;;;;;;;+1/p-1. The summed E-state index contributed by atoms with van der Waals surface area (Å²) < 4.78 is 16.5. The van der Waals surface area contributed by atoms with Gasteiger partial charge < -0.3 is 0 Å². The van der Waals surface area contributed by atoms with E-state index in [9.17, 15) is 4.79 Å². The second kappa shape index (κ2) is 21.1.